The molecule has 0 spiro atoms. The van der Waals surface area contributed by atoms with Crippen molar-refractivity contribution in [3.63, 3.8) is 0 Å². The standard InChI is InChI=1S/C14H13ClN2O3/c15-10-3-1-2-9(6-10)13-7-12(16-20-13)14(19)17-5-4-11(18)8-17/h1-3,6-7,11,18H,4-5,8H2/t11-/m1/s1. The zero-order valence-corrected chi connectivity index (χ0v) is 11.4. The van der Waals surface area contributed by atoms with Gasteiger partial charge in [0.2, 0.25) is 0 Å². The number of nitrogens with zero attached hydrogens (tertiary/aromatic N) is 2. The average molecular weight is 293 g/mol. The Hall–Kier alpha value is -1.85. The second kappa shape index (κ2) is 5.26. The maximum absolute atomic E-state index is 12.2. The lowest BCUT2D eigenvalue weighted by Crippen LogP contribution is -2.29. The molecule has 1 N–H and O–H groups in total. The Labute approximate surface area is 120 Å². The number of hydrogen-bond donors (Lipinski definition) is 1. The van der Waals surface area contributed by atoms with Gasteiger partial charge in [-0.25, -0.2) is 0 Å². The zero-order chi connectivity index (χ0) is 14.1. The predicted octanol–water partition coefficient (Wildman–Crippen LogP) is 2.20. The molecular formula is C14H13ClN2O3. The summed E-state index contributed by atoms with van der Waals surface area (Å²) in [6.45, 7) is 0.886. The van der Waals surface area contributed by atoms with Crippen molar-refractivity contribution >= 4 is 17.5 Å². The Morgan fingerprint density at radius 2 is 2.30 bits per heavy atom. The number of carbonyl (C=O) groups excluding carboxylic acids is 1. The molecule has 6 heteroatoms. The van der Waals surface area contributed by atoms with E-state index in [0.717, 1.165) is 5.56 Å². The molecule has 0 unspecified atom stereocenters. The minimum absolute atomic E-state index is 0.224. The van der Waals surface area contributed by atoms with E-state index in [9.17, 15) is 9.90 Å². The van der Waals surface area contributed by atoms with Gasteiger partial charge in [-0.1, -0.05) is 28.9 Å². The number of carbonyl (C=O) groups is 1. The summed E-state index contributed by atoms with van der Waals surface area (Å²) in [6.07, 6.45) is 0.156. The van der Waals surface area contributed by atoms with Gasteiger partial charge in [0.25, 0.3) is 5.91 Å². The van der Waals surface area contributed by atoms with Gasteiger partial charge in [-0.3, -0.25) is 4.79 Å². The number of rotatable bonds is 2. The van der Waals surface area contributed by atoms with Crippen molar-refractivity contribution in [2.24, 2.45) is 0 Å². The third-order valence-electron chi connectivity index (χ3n) is 3.29. The van der Waals surface area contributed by atoms with Crippen LogP contribution in [0.4, 0.5) is 0 Å². The molecule has 1 atom stereocenters. The lowest BCUT2D eigenvalue weighted by atomic mass is 10.1. The first kappa shape index (κ1) is 13.1. The van der Waals surface area contributed by atoms with E-state index in [4.69, 9.17) is 16.1 Å². The van der Waals surface area contributed by atoms with Crippen molar-refractivity contribution in [3.8, 4) is 11.3 Å². The van der Waals surface area contributed by atoms with Crippen molar-refractivity contribution in [2.45, 2.75) is 12.5 Å². The molecule has 0 saturated carbocycles. The van der Waals surface area contributed by atoms with Crippen molar-refractivity contribution in [1.29, 1.82) is 0 Å². The molecule has 0 radical (unpaired) electrons. The Balaban J connectivity index is 1.81. The van der Waals surface area contributed by atoms with E-state index in [2.05, 4.69) is 5.16 Å². The topological polar surface area (TPSA) is 66.6 Å². The summed E-state index contributed by atoms with van der Waals surface area (Å²) in [4.78, 5) is 13.7. The molecule has 1 aromatic heterocycles. The molecule has 1 amide bonds. The molecule has 1 aliphatic heterocycles. The van der Waals surface area contributed by atoms with Gasteiger partial charge in [0, 0.05) is 29.7 Å². The molecule has 3 rings (SSSR count). The Kier molecular flexibility index (Phi) is 3.46. The van der Waals surface area contributed by atoms with E-state index in [-0.39, 0.29) is 11.6 Å². The lowest BCUT2D eigenvalue weighted by Gasteiger charge is -2.12. The highest BCUT2D eigenvalue weighted by Crippen LogP contribution is 2.24. The molecule has 0 bridgehead atoms. The van der Waals surface area contributed by atoms with Gasteiger partial charge < -0.3 is 14.5 Å². The number of aliphatic hydroxyl groups is 1. The SMILES string of the molecule is O=C(c1cc(-c2cccc(Cl)c2)on1)N1CC[C@@H](O)C1. The third kappa shape index (κ3) is 2.55. The second-order valence-corrected chi connectivity index (χ2v) is 5.22. The van der Waals surface area contributed by atoms with Crippen LogP contribution in [0.15, 0.2) is 34.9 Å². The minimum atomic E-state index is -0.446. The van der Waals surface area contributed by atoms with Crippen molar-refractivity contribution in [3.05, 3.63) is 41.0 Å². The molecular weight excluding hydrogens is 280 g/mol. The van der Waals surface area contributed by atoms with Gasteiger partial charge in [-0.2, -0.15) is 0 Å². The van der Waals surface area contributed by atoms with Crippen LogP contribution in [0.5, 0.6) is 0 Å². The smallest absolute Gasteiger partial charge is 0.276 e. The maximum atomic E-state index is 12.2. The molecule has 2 heterocycles. The number of likely N-dealkylation sites (tertiary alicyclic amines) is 1. The van der Waals surface area contributed by atoms with E-state index < -0.39 is 6.10 Å². The monoisotopic (exact) mass is 292 g/mol. The molecule has 0 aliphatic carbocycles. The van der Waals surface area contributed by atoms with Crippen LogP contribution in [0.3, 0.4) is 0 Å². The zero-order valence-electron chi connectivity index (χ0n) is 10.6. The van der Waals surface area contributed by atoms with E-state index in [1.807, 2.05) is 6.07 Å². The summed E-state index contributed by atoms with van der Waals surface area (Å²) in [7, 11) is 0. The van der Waals surface area contributed by atoms with Crippen molar-refractivity contribution in [1.82, 2.24) is 10.1 Å². The molecule has 1 aromatic carbocycles. The summed E-state index contributed by atoms with van der Waals surface area (Å²) in [6, 6.07) is 8.74. The number of benzene rings is 1. The highest BCUT2D eigenvalue weighted by Gasteiger charge is 2.27. The Morgan fingerprint density at radius 3 is 3.00 bits per heavy atom. The highest BCUT2D eigenvalue weighted by molar-refractivity contribution is 6.30. The molecule has 1 saturated heterocycles. The van der Waals surface area contributed by atoms with Gasteiger partial charge in [-0.15, -0.1) is 0 Å². The number of halogens is 1. The summed E-state index contributed by atoms with van der Waals surface area (Å²) in [5.74, 6) is 0.272. The lowest BCUT2D eigenvalue weighted by molar-refractivity contribution is 0.0755. The van der Waals surface area contributed by atoms with Gasteiger partial charge in [0.15, 0.2) is 11.5 Å². The van der Waals surface area contributed by atoms with E-state index in [1.54, 1.807) is 29.2 Å². The summed E-state index contributed by atoms with van der Waals surface area (Å²) < 4.78 is 5.19. The number of hydrogen-bond acceptors (Lipinski definition) is 4. The largest absolute Gasteiger partial charge is 0.391 e. The quantitative estimate of drug-likeness (QED) is 0.921. The van der Waals surface area contributed by atoms with Crippen molar-refractivity contribution in [2.75, 3.05) is 13.1 Å². The first-order valence-corrected chi connectivity index (χ1v) is 6.71. The van der Waals surface area contributed by atoms with Crippen molar-refractivity contribution < 1.29 is 14.4 Å². The number of aromatic nitrogens is 1. The minimum Gasteiger partial charge on any atom is -0.391 e. The molecule has 104 valence electrons. The van der Waals surface area contributed by atoms with Crippen LogP contribution in [-0.2, 0) is 0 Å². The molecule has 20 heavy (non-hydrogen) atoms. The van der Waals surface area contributed by atoms with Gasteiger partial charge >= 0.3 is 0 Å². The predicted molar refractivity (Wildman–Crippen MR) is 73.5 cm³/mol. The molecule has 1 aliphatic rings. The van der Waals surface area contributed by atoms with Crippen LogP contribution < -0.4 is 0 Å². The third-order valence-corrected chi connectivity index (χ3v) is 3.52. The summed E-state index contributed by atoms with van der Waals surface area (Å²) in [5, 5.41) is 13.8. The van der Waals surface area contributed by atoms with Gasteiger partial charge in [0.1, 0.15) is 0 Å². The first-order chi connectivity index (χ1) is 9.63. The fourth-order valence-electron chi connectivity index (χ4n) is 2.24. The molecule has 5 nitrogen and oxygen atoms in total. The van der Waals surface area contributed by atoms with E-state index in [0.29, 0.717) is 30.3 Å². The van der Waals surface area contributed by atoms with Crippen LogP contribution in [0.2, 0.25) is 5.02 Å². The highest BCUT2D eigenvalue weighted by atomic mass is 35.5. The van der Waals surface area contributed by atoms with Crippen LogP contribution in [0.1, 0.15) is 16.9 Å². The fourth-order valence-corrected chi connectivity index (χ4v) is 2.43. The maximum Gasteiger partial charge on any atom is 0.276 e. The normalized spacial score (nSPS) is 18.5. The molecule has 1 fully saturated rings. The summed E-state index contributed by atoms with van der Waals surface area (Å²) in [5.41, 5.74) is 1.01. The van der Waals surface area contributed by atoms with Crippen LogP contribution in [-0.4, -0.2) is 40.3 Å². The Bertz CT molecular complexity index is 641. The summed E-state index contributed by atoms with van der Waals surface area (Å²) >= 11 is 5.92. The van der Waals surface area contributed by atoms with Gasteiger partial charge in [-0.05, 0) is 18.6 Å². The number of amides is 1. The van der Waals surface area contributed by atoms with Crippen LogP contribution in [0.25, 0.3) is 11.3 Å². The fraction of sp³-hybridized carbons (Fsp3) is 0.286. The average Bonchev–Trinajstić information content (AvgIpc) is 3.07. The molecule has 2 aromatic rings. The van der Waals surface area contributed by atoms with E-state index >= 15 is 0 Å². The van der Waals surface area contributed by atoms with Gasteiger partial charge in [0.05, 0.1) is 6.10 Å². The Morgan fingerprint density at radius 1 is 1.45 bits per heavy atom. The van der Waals surface area contributed by atoms with Crippen LogP contribution >= 0.6 is 11.6 Å². The number of β-amino-alcohol motifs (C(OH)–C–C–N with tert-alkyl or cyclic N) is 1. The second-order valence-electron chi connectivity index (χ2n) is 4.78. The van der Waals surface area contributed by atoms with E-state index in [1.165, 1.54) is 0 Å². The van der Waals surface area contributed by atoms with Crippen LogP contribution in [0, 0.1) is 0 Å². The number of aliphatic hydroxyl groups excluding tert-OH is 1. The first-order valence-electron chi connectivity index (χ1n) is 6.33.